The molecule has 0 unspecified atom stereocenters. The molecule has 4 rings (SSSR count). The number of aryl methyl sites for hydroxylation is 1. The number of carbonyl (C=O) groups is 2. The van der Waals surface area contributed by atoms with Crippen LogP contribution in [0.15, 0.2) is 48.8 Å². The van der Waals surface area contributed by atoms with Gasteiger partial charge in [-0.25, -0.2) is 4.79 Å². The molecule has 2 fully saturated rings. The van der Waals surface area contributed by atoms with Crippen molar-refractivity contribution in [1.29, 1.82) is 0 Å². The number of hydrogen-bond acceptors (Lipinski definition) is 5. The first kappa shape index (κ1) is 21.3. The van der Waals surface area contributed by atoms with Gasteiger partial charge in [-0.2, -0.15) is 0 Å². The zero-order valence-electron chi connectivity index (χ0n) is 18.0. The molecule has 0 aliphatic carbocycles. The lowest BCUT2D eigenvalue weighted by Gasteiger charge is -2.42. The lowest BCUT2D eigenvalue weighted by molar-refractivity contribution is -0.135. The fraction of sp³-hybridized carbons (Fsp3) is 0.458. The zero-order valence-corrected chi connectivity index (χ0v) is 18.0. The third-order valence-electron chi connectivity index (χ3n) is 6.51. The van der Waals surface area contributed by atoms with Gasteiger partial charge in [-0.3, -0.25) is 19.6 Å². The Labute approximate surface area is 183 Å². The molecule has 31 heavy (non-hydrogen) atoms. The zero-order chi connectivity index (χ0) is 21.8. The van der Waals surface area contributed by atoms with E-state index < -0.39 is 5.54 Å². The SMILES string of the molecule is CCN1C(=O)N(CCCc2cccnc2)C(=O)C12CCN(Cc1cccc(O)c1)CC2. The Bertz CT molecular complexity index is 925. The molecular formula is C24H30N4O3. The van der Waals surface area contributed by atoms with Gasteiger partial charge in [0.25, 0.3) is 5.91 Å². The number of likely N-dealkylation sites (N-methyl/N-ethyl adjacent to an activating group) is 1. The van der Waals surface area contributed by atoms with E-state index in [1.165, 1.54) is 4.90 Å². The number of imide groups is 1. The smallest absolute Gasteiger partial charge is 0.327 e. The van der Waals surface area contributed by atoms with Gasteiger partial charge >= 0.3 is 6.03 Å². The molecule has 0 atom stereocenters. The summed E-state index contributed by atoms with van der Waals surface area (Å²) in [6.45, 7) is 5.15. The van der Waals surface area contributed by atoms with E-state index in [4.69, 9.17) is 0 Å². The van der Waals surface area contributed by atoms with Crippen LogP contribution in [0.3, 0.4) is 0 Å². The summed E-state index contributed by atoms with van der Waals surface area (Å²) in [5.74, 6) is 0.226. The second kappa shape index (κ2) is 9.06. The van der Waals surface area contributed by atoms with Crippen LogP contribution in [0.1, 0.15) is 37.3 Å². The highest BCUT2D eigenvalue weighted by Crippen LogP contribution is 2.37. The number of carbonyl (C=O) groups excluding carboxylic acids is 2. The number of aromatic hydroxyl groups is 1. The fourth-order valence-corrected chi connectivity index (χ4v) is 4.88. The molecule has 3 heterocycles. The highest BCUT2D eigenvalue weighted by Gasteiger charge is 2.57. The van der Waals surface area contributed by atoms with Crippen molar-refractivity contribution < 1.29 is 14.7 Å². The number of benzene rings is 1. The standard InChI is InChI=1S/C24H30N4O3/c1-2-28-23(31)27(13-5-8-19-7-4-12-25-17-19)22(30)24(28)10-14-26(15-11-24)18-20-6-3-9-21(29)16-20/h3-4,6-7,9,12,16-17,29H,2,5,8,10-11,13-15,18H2,1H3. The Kier molecular flexibility index (Phi) is 6.23. The number of hydrogen-bond donors (Lipinski definition) is 1. The third kappa shape index (κ3) is 4.28. The number of phenolic OH excluding ortho intramolecular Hbond substituents is 1. The molecule has 0 saturated carbocycles. The Balaban J connectivity index is 1.39. The predicted octanol–water partition coefficient (Wildman–Crippen LogP) is 3.04. The number of amides is 3. The number of nitrogens with zero attached hydrogens (tertiary/aromatic N) is 4. The first-order valence-electron chi connectivity index (χ1n) is 11.1. The molecule has 0 radical (unpaired) electrons. The number of piperidine rings is 1. The number of rotatable bonds is 7. The predicted molar refractivity (Wildman–Crippen MR) is 117 cm³/mol. The van der Waals surface area contributed by atoms with Gasteiger partial charge in [0.2, 0.25) is 0 Å². The van der Waals surface area contributed by atoms with Gasteiger partial charge in [-0.05, 0) is 61.9 Å². The van der Waals surface area contributed by atoms with Gasteiger partial charge < -0.3 is 10.0 Å². The molecule has 1 spiro atoms. The van der Waals surface area contributed by atoms with E-state index in [9.17, 15) is 14.7 Å². The van der Waals surface area contributed by atoms with E-state index in [1.807, 2.05) is 37.4 Å². The summed E-state index contributed by atoms with van der Waals surface area (Å²) < 4.78 is 0. The molecule has 2 aromatic rings. The summed E-state index contributed by atoms with van der Waals surface area (Å²) in [7, 11) is 0. The largest absolute Gasteiger partial charge is 0.508 e. The summed E-state index contributed by atoms with van der Waals surface area (Å²) >= 11 is 0. The van der Waals surface area contributed by atoms with Crippen LogP contribution < -0.4 is 0 Å². The maximum atomic E-state index is 13.4. The molecule has 2 saturated heterocycles. The van der Waals surface area contributed by atoms with Gasteiger partial charge in [0, 0.05) is 45.1 Å². The molecular weight excluding hydrogens is 392 g/mol. The summed E-state index contributed by atoms with van der Waals surface area (Å²) in [6.07, 6.45) is 6.39. The van der Waals surface area contributed by atoms with Crippen LogP contribution >= 0.6 is 0 Å². The molecule has 2 aliphatic heterocycles. The van der Waals surface area contributed by atoms with Gasteiger partial charge in [0.05, 0.1) is 0 Å². The number of phenols is 1. The van der Waals surface area contributed by atoms with Crippen molar-refractivity contribution in [3.63, 3.8) is 0 Å². The highest BCUT2D eigenvalue weighted by atomic mass is 16.3. The van der Waals surface area contributed by atoms with E-state index in [1.54, 1.807) is 23.2 Å². The number of urea groups is 1. The Morgan fingerprint density at radius 3 is 2.55 bits per heavy atom. The maximum absolute atomic E-state index is 13.4. The van der Waals surface area contributed by atoms with Gasteiger partial charge in [-0.1, -0.05) is 18.2 Å². The first-order valence-corrected chi connectivity index (χ1v) is 11.1. The van der Waals surface area contributed by atoms with Crippen LogP contribution in [0.2, 0.25) is 0 Å². The average Bonchev–Trinajstić information content (AvgIpc) is 2.97. The summed E-state index contributed by atoms with van der Waals surface area (Å²) in [6, 6.07) is 11.0. The van der Waals surface area contributed by atoms with Crippen molar-refractivity contribution >= 4 is 11.9 Å². The van der Waals surface area contributed by atoms with Gasteiger partial charge in [0.1, 0.15) is 11.3 Å². The van der Waals surface area contributed by atoms with Crippen LogP contribution in [0.5, 0.6) is 5.75 Å². The third-order valence-corrected chi connectivity index (χ3v) is 6.51. The number of aromatic nitrogens is 1. The van der Waals surface area contributed by atoms with E-state index in [0.29, 0.717) is 25.9 Å². The molecule has 3 amide bonds. The number of pyridine rings is 1. The minimum Gasteiger partial charge on any atom is -0.508 e. The lowest BCUT2D eigenvalue weighted by atomic mass is 9.85. The van der Waals surface area contributed by atoms with Crippen molar-refractivity contribution in [2.45, 2.75) is 44.7 Å². The van der Waals surface area contributed by atoms with Crippen molar-refractivity contribution in [3.8, 4) is 5.75 Å². The normalized spacial score (nSPS) is 18.9. The Morgan fingerprint density at radius 2 is 1.87 bits per heavy atom. The Hall–Kier alpha value is -2.93. The van der Waals surface area contributed by atoms with Crippen LogP contribution in [-0.2, 0) is 17.8 Å². The molecule has 7 heteroatoms. The van der Waals surface area contributed by atoms with E-state index in [0.717, 1.165) is 43.6 Å². The fourth-order valence-electron chi connectivity index (χ4n) is 4.88. The quantitative estimate of drug-likeness (QED) is 0.694. The van der Waals surface area contributed by atoms with E-state index >= 15 is 0 Å². The first-order chi connectivity index (χ1) is 15.0. The van der Waals surface area contributed by atoms with E-state index in [2.05, 4.69) is 9.88 Å². The monoisotopic (exact) mass is 422 g/mol. The molecule has 0 bridgehead atoms. The van der Waals surface area contributed by atoms with Crippen LogP contribution in [-0.4, -0.2) is 68.4 Å². The average molecular weight is 423 g/mol. The maximum Gasteiger partial charge on any atom is 0.327 e. The molecule has 164 valence electrons. The summed E-state index contributed by atoms with van der Waals surface area (Å²) in [5.41, 5.74) is 1.45. The Morgan fingerprint density at radius 1 is 1.10 bits per heavy atom. The van der Waals surface area contributed by atoms with Gasteiger partial charge in [-0.15, -0.1) is 0 Å². The van der Waals surface area contributed by atoms with Crippen molar-refractivity contribution in [1.82, 2.24) is 19.7 Å². The van der Waals surface area contributed by atoms with Crippen molar-refractivity contribution in [2.24, 2.45) is 0 Å². The van der Waals surface area contributed by atoms with E-state index in [-0.39, 0.29) is 17.7 Å². The number of likely N-dealkylation sites (tertiary alicyclic amines) is 1. The molecule has 1 aromatic carbocycles. The second-order valence-electron chi connectivity index (χ2n) is 8.43. The highest BCUT2D eigenvalue weighted by molar-refractivity contribution is 6.07. The molecule has 2 aliphatic rings. The minimum atomic E-state index is -0.713. The molecule has 7 nitrogen and oxygen atoms in total. The molecule has 1 N–H and O–H groups in total. The van der Waals surface area contributed by atoms with Gasteiger partial charge in [0.15, 0.2) is 0 Å². The van der Waals surface area contributed by atoms with Crippen molar-refractivity contribution in [3.05, 3.63) is 59.9 Å². The van der Waals surface area contributed by atoms with Crippen LogP contribution in [0, 0.1) is 0 Å². The summed E-state index contributed by atoms with van der Waals surface area (Å²) in [4.78, 5) is 36.1. The summed E-state index contributed by atoms with van der Waals surface area (Å²) in [5, 5.41) is 9.70. The second-order valence-corrected chi connectivity index (χ2v) is 8.43. The topological polar surface area (TPSA) is 77.0 Å². The lowest BCUT2D eigenvalue weighted by Crippen LogP contribution is -2.56. The molecule has 1 aromatic heterocycles. The minimum absolute atomic E-state index is 0.0393. The van der Waals surface area contributed by atoms with Crippen LogP contribution in [0.4, 0.5) is 4.79 Å². The van der Waals surface area contributed by atoms with Crippen LogP contribution in [0.25, 0.3) is 0 Å². The van der Waals surface area contributed by atoms with Crippen molar-refractivity contribution in [2.75, 3.05) is 26.2 Å².